The summed E-state index contributed by atoms with van der Waals surface area (Å²) in [5, 5.41) is 0. The minimum atomic E-state index is 0.368. The van der Waals surface area contributed by atoms with Crippen LogP contribution in [0.5, 0.6) is 5.75 Å². The van der Waals surface area contributed by atoms with Crippen molar-refractivity contribution in [2.75, 3.05) is 32.0 Å². The molecule has 1 heterocycles. The molecule has 4 nitrogen and oxygen atoms in total. The molecule has 1 aromatic carbocycles. The van der Waals surface area contributed by atoms with Crippen molar-refractivity contribution in [3.05, 3.63) is 23.8 Å². The normalized spacial score (nSPS) is 27.6. The lowest BCUT2D eigenvalue weighted by Crippen LogP contribution is -2.52. The molecule has 0 radical (unpaired) electrons. The number of hydrogen-bond acceptors (Lipinski definition) is 4. The van der Waals surface area contributed by atoms with E-state index in [4.69, 9.17) is 15.2 Å². The van der Waals surface area contributed by atoms with E-state index in [1.165, 1.54) is 57.2 Å². The molecule has 2 aliphatic rings. The molecule has 0 atom stereocenters. The van der Waals surface area contributed by atoms with Gasteiger partial charge in [0, 0.05) is 17.8 Å². The van der Waals surface area contributed by atoms with Crippen LogP contribution in [0, 0.1) is 5.92 Å². The van der Waals surface area contributed by atoms with Crippen LogP contribution in [0.15, 0.2) is 18.2 Å². The van der Waals surface area contributed by atoms with Crippen molar-refractivity contribution < 1.29 is 9.47 Å². The topological polar surface area (TPSA) is 47.7 Å². The van der Waals surface area contributed by atoms with Crippen molar-refractivity contribution in [3.8, 4) is 5.75 Å². The van der Waals surface area contributed by atoms with Gasteiger partial charge in [0.1, 0.15) is 5.75 Å². The number of likely N-dealkylation sites (tertiary alicyclic amines) is 1. The van der Waals surface area contributed by atoms with Gasteiger partial charge >= 0.3 is 0 Å². The Kier molecular flexibility index (Phi) is 7.04. The second-order valence-corrected chi connectivity index (χ2v) is 8.58. The van der Waals surface area contributed by atoms with Crippen LogP contribution in [0.1, 0.15) is 64.9 Å². The Morgan fingerprint density at radius 2 is 1.78 bits per heavy atom. The average Bonchev–Trinajstić information content (AvgIpc) is 2.67. The number of ether oxygens (including phenoxy) is 2. The number of anilines is 1. The van der Waals surface area contributed by atoms with Crippen LogP contribution < -0.4 is 10.5 Å². The Labute approximate surface area is 165 Å². The van der Waals surface area contributed by atoms with Crippen molar-refractivity contribution in [2.45, 2.75) is 77.4 Å². The molecule has 152 valence electrons. The standard InChI is InChI=1S/C23H38N2O2/c1-4-26-20-8-12-23(3,13-9-20)25-14-10-18(11-15-25)16-19-17-21(27-5-2)6-7-22(19)24/h6-7,17-18,20H,4-5,8-16,24H2,1-3H3. The minimum absolute atomic E-state index is 0.368. The van der Waals surface area contributed by atoms with Gasteiger partial charge in [0.05, 0.1) is 12.7 Å². The zero-order valence-corrected chi connectivity index (χ0v) is 17.5. The zero-order valence-electron chi connectivity index (χ0n) is 17.5. The van der Waals surface area contributed by atoms with Crippen LogP contribution in [0.2, 0.25) is 0 Å². The number of hydrogen-bond donors (Lipinski definition) is 1. The van der Waals surface area contributed by atoms with Crippen LogP contribution in [0.25, 0.3) is 0 Å². The summed E-state index contributed by atoms with van der Waals surface area (Å²) in [6, 6.07) is 6.11. The number of nitrogen functional groups attached to an aromatic ring is 1. The molecule has 0 spiro atoms. The van der Waals surface area contributed by atoms with Gasteiger partial charge in [0.2, 0.25) is 0 Å². The highest BCUT2D eigenvalue weighted by molar-refractivity contribution is 5.50. The van der Waals surface area contributed by atoms with Gasteiger partial charge in [-0.05, 0) is 108 Å². The molecule has 1 aliphatic heterocycles. The van der Waals surface area contributed by atoms with Gasteiger partial charge in [-0.3, -0.25) is 4.90 Å². The summed E-state index contributed by atoms with van der Waals surface area (Å²) < 4.78 is 11.5. The third kappa shape index (κ3) is 5.17. The Bertz CT molecular complexity index is 588. The largest absolute Gasteiger partial charge is 0.494 e. The van der Waals surface area contributed by atoms with Gasteiger partial charge in [-0.25, -0.2) is 0 Å². The molecular formula is C23H38N2O2. The molecule has 1 saturated carbocycles. The molecule has 27 heavy (non-hydrogen) atoms. The summed E-state index contributed by atoms with van der Waals surface area (Å²) in [5.74, 6) is 1.67. The van der Waals surface area contributed by atoms with Crippen LogP contribution in [-0.4, -0.2) is 42.8 Å². The van der Waals surface area contributed by atoms with Crippen molar-refractivity contribution in [1.29, 1.82) is 0 Å². The van der Waals surface area contributed by atoms with E-state index in [0.717, 1.165) is 30.4 Å². The quantitative estimate of drug-likeness (QED) is 0.705. The monoisotopic (exact) mass is 374 g/mol. The predicted octanol–water partition coefficient (Wildman–Crippen LogP) is 4.66. The van der Waals surface area contributed by atoms with Crippen molar-refractivity contribution >= 4 is 5.69 Å². The highest BCUT2D eigenvalue weighted by atomic mass is 16.5. The summed E-state index contributed by atoms with van der Waals surface area (Å²) in [6.07, 6.45) is 9.06. The van der Waals surface area contributed by atoms with Gasteiger partial charge in [-0.2, -0.15) is 0 Å². The maximum Gasteiger partial charge on any atom is 0.119 e. The van der Waals surface area contributed by atoms with Crippen LogP contribution >= 0.6 is 0 Å². The zero-order chi connectivity index (χ0) is 19.3. The molecule has 4 heteroatoms. The fourth-order valence-corrected chi connectivity index (χ4v) is 4.94. The van der Waals surface area contributed by atoms with E-state index in [1.807, 2.05) is 19.1 Å². The number of piperidine rings is 1. The highest BCUT2D eigenvalue weighted by Crippen LogP contribution is 2.37. The first-order valence-corrected chi connectivity index (χ1v) is 10.9. The summed E-state index contributed by atoms with van der Waals surface area (Å²) in [7, 11) is 0. The lowest BCUT2D eigenvalue weighted by atomic mass is 9.78. The van der Waals surface area contributed by atoms with E-state index in [1.54, 1.807) is 0 Å². The number of rotatable bonds is 7. The fraction of sp³-hybridized carbons (Fsp3) is 0.739. The SMILES string of the molecule is CCOc1ccc(N)c(CC2CCN(C3(C)CCC(OCC)CC3)CC2)c1. The van der Waals surface area contributed by atoms with Crippen molar-refractivity contribution in [2.24, 2.45) is 5.92 Å². The molecule has 2 fully saturated rings. The van der Waals surface area contributed by atoms with Crippen LogP contribution in [0.4, 0.5) is 5.69 Å². The van der Waals surface area contributed by atoms with Crippen LogP contribution in [-0.2, 0) is 11.2 Å². The first kappa shape index (κ1) is 20.5. The highest BCUT2D eigenvalue weighted by Gasteiger charge is 2.38. The molecule has 0 bridgehead atoms. The van der Waals surface area contributed by atoms with E-state index >= 15 is 0 Å². The Morgan fingerprint density at radius 3 is 2.41 bits per heavy atom. The summed E-state index contributed by atoms with van der Waals surface area (Å²) in [5.41, 5.74) is 8.75. The Hall–Kier alpha value is -1.26. The molecule has 1 aliphatic carbocycles. The first-order chi connectivity index (χ1) is 13.0. The van der Waals surface area contributed by atoms with E-state index in [2.05, 4.69) is 24.8 Å². The fourth-order valence-electron chi connectivity index (χ4n) is 4.94. The lowest BCUT2D eigenvalue weighted by molar-refractivity contribution is -0.0280. The summed E-state index contributed by atoms with van der Waals surface area (Å²) in [4.78, 5) is 2.76. The molecule has 1 saturated heterocycles. The molecule has 0 amide bonds. The van der Waals surface area contributed by atoms with E-state index in [0.29, 0.717) is 18.2 Å². The minimum Gasteiger partial charge on any atom is -0.494 e. The third-order valence-electron chi connectivity index (χ3n) is 6.72. The molecule has 2 N–H and O–H groups in total. The van der Waals surface area contributed by atoms with Gasteiger partial charge in [0.15, 0.2) is 0 Å². The molecule has 0 unspecified atom stereocenters. The Morgan fingerprint density at radius 1 is 1.07 bits per heavy atom. The second kappa shape index (κ2) is 9.29. The summed E-state index contributed by atoms with van der Waals surface area (Å²) >= 11 is 0. The molecule has 3 rings (SSSR count). The first-order valence-electron chi connectivity index (χ1n) is 10.9. The lowest BCUT2D eigenvalue weighted by Gasteiger charge is -2.48. The predicted molar refractivity (Wildman–Crippen MR) is 112 cm³/mol. The Balaban J connectivity index is 1.51. The average molecular weight is 375 g/mol. The van der Waals surface area contributed by atoms with Gasteiger partial charge in [-0.15, -0.1) is 0 Å². The number of nitrogens with two attached hydrogens (primary N) is 1. The van der Waals surface area contributed by atoms with Gasteiger partial charge < -0.3 is 15.2 Å². The number of benzene rings is 1. The van der Waals surface area contributed by atoms with Gasteiger partial charge in [-0.1, -0.05) is 0 Å². The molecule has 0 aromatic heterocycles. The summed E-state index contributed by atoms with van der Waals surface area (Å²) in [6.45, 7) is 10.6. The third-order valence-corrected chi connectivity index (χ3v) is 6.72. The van der Waals surface area contributed by atoms with E-state index < -0.39 is 0 Å². The molecule has 1 aromatic rings. The molecular weight excluding hydrogens is 336 g/mol. The van der Waals surface area contributed by atoms with E-state index in [-0.39, 0.29) is 0 Å². The maximum absolute atomic E-state index is 6.23. The van der Waals surface area contributed by atoms with Crippen molar-refractivity contribution in [1.82, 2.24) is 4.90 Å². The number of nitrogens with zero attached hydrogens (tertiary/aromatic N) is 1. The van der Waals surface area contributed by atoms with Crippen molar-refractivity contribution in [3.63, 3.8) is 0 Å². The van der Waals surface area contributed by atoms with Crippen LogP contribution in [0.3, 0.4) is 0 Å². The van der Waals surface area contributed by atoms with E-state index in [9.17, 15) is 0 Å². The van der Waals surface area contributed by atoms with Gasteiger partial charge in [0.25, 0.3) is 0 Å². The second-order valence-electron chi connectivity index (χ2n) is 8.58. The maximum atomic E-state index is 6.23. The smallest absolute Gasteiger partial charge is 0.119 e.